The first-order chi connectivity index (χ1) is 8.65. The minimum absolute atomic E-state index is 0.0586. The molecule has 0 aromatic carbocycles. The van der Waals surface area contributed by atoms with E-state index >= 15 is 0 Å². The van der Waals surface area contributed by atoms with Crippen LogP contribution in [0.25, 0.3) is 0 Å². The van der Waals surface area contributed by atoms with Crippen LogP contribution >= 0.6 is 0 Å². The summed E-state index contributed by atoms with van der Waals surface area (Å²) in [6.07, 6.45) is 2.88. The third-order valence-electron chi connectivity index (χ3n) is 3.42. The molecule has 1 amide bonds. The van der Waals surface area contributed by atoms with Crippen LogP contribution in [-0.4, -0.2) is 29.2 Å². The second-order valence-electron chi connectivity index (χ2n) is 4.96. The van der Waals surface area contributed by atoms with Crippen molar-refractivity contribution in [1.82, 2.24) is 15.5 Å². The van der Waals surface area contributed by atoms with E-state index in [1.54, 1.807) is 6.92 Å². The van der Waals surface area contributed by atoms with E-state index in [0.717, 1.165) is 13.1 Å². The number of aromatic nitrogens is 2. The number of hydrogen-bond acceptors (Lipinski definition) is 5. The lowest BCUT2D eigenvalue weighted by atomic mass is 9.85. The topological polar surface area (TPSA) is 80.0 Å². The predicted octanol–water partition coefficient (Wildman–Crippen LogP) is 1.34. The van der Waals surface area contributed by atoms with Gasteiger partial charge in [-0.25, -0.2) is 0 Å². The van der Waals surface area contributed by atoms with Crippen LogP contribution in [0.15, 0.2) is 4.42 Å². The molecule has 2 atom stereocenters. The highest BCUT2D eigenvalue weighted by molar-refractivity contribution is 5.88. The number of piperidine rings is 1. The van der Waals surface area contributed by atoms with Gasteiger partial charge < -0.3 is 9.73 Å². The predicted molar refractivity (Wildman–Crippen MR) is 67.0 cm³/mol. The average Bonchev–Trinajstić information content (AvgIpc) is 2.75. The molecule has 6 nitrogen and oxygen atoms in total. The molecule has 0 spiro atoms. The lowest BCUT2D eigenvalue weighted by Crippen LogP contribution is -2.34. The van der Waals surface area contributed by atoms with Gasteiger partial charge >= 0.3 is 6.01 Å². The molecule has 0 aliphatic carbocycles. The van der Waals surface area contributed by atoms with Gasteiger partial charge in [-0.05, 0) is 37.8 Å². The second kappa shape index (κ2) is 5.95. The maximum Gasteiger partial charge on any atom is 0.322 e. The summed E-state index contributed by atoms with van der Waals surface area (Å²) in [5, 5.41) is 13.4. The number of nitrogens with zero attached hydrogens (tertiary/aromatic N) is 2. The molecule has 0 bridgehead atoms. The van der Waals surface area contributed by atoms with E-state index in [1.807, 2.05) is 0 Å². The van der Waals surface area contributed by atoms with Gasteiger partial charge in [0.25, 0.3) is 0 Å². The van der Waals surface area contributed by atoms with Crippen LogP contribution in [0.3, 0.4) is 0 Å². The minimum atomic E-state index is -0.0586. The highest BCUT2D eigenvalue weighted by atomic mass is 16.4. The minimum Gasteiger partial charge on any atom is -0.408 e. The molecular weight excluding hydrogens is 232 g/mol. The number of hydrogen-bond donors (Lipinski definition) is 2. The summed E-state index contributed by atoms with van der Waals surface area (Å²) in [6.45, 7) is 5.92. The lowest BCUT2D eigenvalue weighted by molar-refractivity contribution is -0.117. The molecule has 2 rings (SSSR count). The van der Waals surface area contributed by atoms with Crippen LogP contribution in [-0.2, 0) is 4.79 Å². The Hall–Kier alpha value is -1.43. The van der Waals surface area contributed by atoms with Gasteiger partial charge in [0.05, 0.1) is 0 Å². The normalized spacial score (nSPS) is 21.6. The smallest absolute Gasteiger partial charge is 0.322 e. The maximum atomic E-state index is 11.8. The van der Waals surface area contributed by atoms with Gasteiger partial charge in [0, 0.05) is 13.3 Å². The second-order valence-corrected chi connectivity index (χ2v) is 4.96. The van der Waals surface area contributed by atoms with Gasteiger partial charge in [0.1, 0.15) is 0 Å². The van der Waals surface area contributed by atoms with Crippen molar-refractivity contribution in [3.8, 4) is 0 Å². The number of carbonyl (C=O) groups excluding carboxylic acids is 1. The van der Waals surface area contributed by atoms with Gasteiger partial charge in [-0.3, -0.25) is 10.1 Å². The summed E-state index contributed by atoms with van der Waals surface area (Å²) in [5.74, 6) is 1.34. The van der Waals surface area contributed by atoms with Gasteiger partial charge in [-0.15, -0.1) is 5.10 Å². The fourth-order valence-corrected chi connectivity index (χ4v) is 2.34. The zero-order valence-corrected chi connectivity index (χ0v) is 10.9. The highest BCUT2D eigenvalue weighted by Crippen LogP contribution is 2.22. The molecule has 1 aromatic rings. The Morgan fingerprint density at radius 3 is 3.06 bits per heavy atom. The molecule has 1 aromatic heterocycles. The van der Waals surface area contributed by atoms with E-state index in [1.165, 1.54) is 12.8 Å². The first kappa shape index (κ1) is 13.0. The lowest BCUT2D eigenvalue weighted by Gasteiger charge is -2.27. The van der Waals surface area contributed by atoms with Gasteiger partial charge in [0.15, 0.2) is 0 Å². The van der Waals surface area contributed by atoms with E-state index in [-0.39, 0.29) is 11.9 Å². The standard InChI is InChI=1S/C12H20N4O2/c1-8(10-4-3-5-13-7-10)6-11(17)14-12-16-15-9(2)18-12/h8,10,13H,3-7H2,1-2H3,(H,14,16,17). The highest BCUT2D eigenvalue weighted by Gasteiger charge is 2.22. The Morgan fingerprint density at radius 2 is 2.44 bits per heavy atom. The first-order valence-electron chi connectivity index (χ1n) is 6.46. The van der Waals surface area contributed by atoms with Crippen molar-refractivity contribution in [1.29, 1.82) is 0 Å². The van der Waals surface area contributed by atoms with E-state index in [9.17, 15) is 4.79 Å². The molecule has 1 saturated heterocycles. The third-order valence-corrected chi connectivity index (χ3v) is 3.42. The summed E-state index contributed by atoms with van der Waals surface area (Å²) >= 11 is 0. The summed E-state index contributed by atoms with van der Waals surface area (Å²) in [4.78, 5) is 11.8. The molecule has 6 heteroatoms. The van der Waals surface area contributed by atoms with E-state index in [0.29, 0.717) is 24.1 Å². The molecule has 1 aliphatic rings. The van der Waals surface area contributed by atoms with Crippen LogP contribution < -0.4 is 10.6 Å². The van der Waals surface area contributed by atoms with Crippen molar-refractivity contribution in [2.24, 2.45) is 11.8 Å². The van der Waals surface area contributed by atoms with Gasteiger partial charge in [0.2, 0.25) is 11.8 Å². The van der Waals surface area contributed by atoms with Gasteiger partial charge in [-0.2, -0.15) is 0 Å². The number of nitrogens with one attached hydrogen (secondary N) is 2. The third kappa shape index (κ3) is 3.53. The average molecular weight is 252 g/mol. The molecule has 1 aliphatic heterocycles. The number of amides is 1. The SMILES string of the molecule is Cc1nnc(NC(=O)CC(C)C2CCCNC2)o1. The Bertz CT molecular complexity index is 399. The fourth-order valence-electron chi connectivity index (χ4n) is 2.34. The van der Waals surface area contributed by atoms with Crippen molar-refractivity contribution in [2.75, 3.05) is 18.4 Å². The van der Waals surface area contributed by atoms with Crippen LogP contribution in [0.4, 0.5) is 6.01 Å². The Kier molecular flexibility index (Phi) is 4.30. The zero-order valence-electron chi connectivity index (χ0n) is 10.9. The summed E-state index contributed by atoms with van der Waals surface area (Å²) in [6, 6.07) is 0.187. The Balaban J connectivity index is 1.79. The number of rotatable bonds is 4. The van der Waals surface area contributed by atoms with Crippen LogP contribution in [0.2, 0.25) is 0 Å². The van der Waals surface area contributed by atoms with Crippen LogP contribution in [0, 0.1) is 18.8 Å². The summed E-state index contributed by atoms with van der Waals surface area (Å²) < 4.78 is 5.11. The summed E-state index contributed by atoms with van der Waals surface area (Å²) in [5.41, 5.74) is 0. The largest absolute Gasteiger partial charge is 0.408 e. The monoisotopic (exact) mass is 252 g/mol. The molecule has 0 radical (unpaired) electrons. The van der Waals surface area contributed by atoms with Crippen molar-refractivity contribution < 1.29 is 9.21 Å². The molecule has 2 N–H and O–H groups in total. The molecular formula is C12H20N4O2. The summed E-state index contributed by atoms with van der Waals surface area (Å²) in [7, 11) is 0. The van der Waals surface area contributed by atoms with E-state index in [2.05, 4.69) is 27.8 Å². The molecule has 1 fully saturated rings. The van der Waals surface area contributed by atoms with Crippen molar-refractivity contribution in [3.63, 3.8) is 0 Å². The number of aryl methyl sites for hydroxylation is 1. The van der Waals surface area contributed by atoms with Crippen LogP contribution in [0.5, 0.6) is 0 Å². The fraction of sp³-hybridized carbons (Fsp3) is 0.750. The molecule has 18 heavy (non-hydrogen) atoms. The molecule has 2 heterocycles. The molecule has 2 unspecified atom stereocenters. The molecule has 0 saturated carbocycles. The Morgan fingerprint density at radius 1 is 1.61 bits per heavy atom. The number of carbonyl (C=O) groups is 1. The zero-order chi connectivity index (χ0) is 13.0. The maximum absolute atomic E-state index is 11.8. The Labute approximate surface area is 107 Å². The van der Waals surface area contributed by atoms with Crippen molar-refractivity contribution in [2.45, 2.75) is 33.1 Å². The van der Waals surface area contributed by atoms with Gasteiger partial charge in [-0.1, -0.05) is 12.0 Å². The van der Waals surface area contributed by atoms with Crippen molar-refractivity contribution >= 4 is 11.9 Å². The molecule has 100 valence electrons. The van der Waals surface area contributed by atoms with Crippen molar-refractivity contribution in [3.05, 3.63) is 5.89 Å². The first-order valence-corrected chi connectivity index (χ1v) is 6.46. The van der Waals surface area contributed by atoms with Crippen LogP contribution in [0.1, 0.15) is 32.1 Å². The number of anilines is 1. The van der Waals surface area contributed by atoms with E-state index < -0.39 is 0 Å². The quantitative estimate of drug-likeness (QED) is 0.845. The van der Waals surface area contributed by atoms with E-state index in [4.69, 9.17) is 4.42 Å².